The van der Waals surface area contributed by atoms with Crippen LogP contribution in [0.1, 0.15) is 27.3 Å². The summed E-state index contributed by atoms with van der Waals surface area (Å²) in [4.78, 5) is 30.9. The van der Waals surface area contributed by atoms with Crippen molar-refractivity contribution in [3.8, 4) is 0 Å². The van der Waals surface area contributed by atoms with Crippen molar-refractivity contribution in [2.24, 2.45) is 0 Å². The van der Waals surface area contributed by atoms with Crippen molar-refractivity contribution in [1.82, 2.24) is 15.4 Å². The lowest BCUT2D eigenvalue weighted by Gasteiger charge is -2.07. The molecule has 6 heteroatoms. The van der Waals surface area contributed by atoms with E-state index in [0.717, 1.165) is 11.1 Å². The second-order valence-electron chi connectivity index (χ2n) is 5.29. The van der Waals surface area contributed by atoms with Gasteiger partial charge in [0.2, 0.25) is 0 Å². The smallest absolute Gasteiger partial charge is 0.274 e. The molecule has 1 heterocycles. The van der Waals surface area contributed by atoms with Crippen molar-refractivity contribution in [3.05, 3.63) is 75.3 Å². The fourth-order valence-electron chi connectivity index (χ4n) is 2.47. The van der Waals surface area contributed by atoms with Crippen LogP contribution in [-0.4, -0.2) is 21.1 Å². The zero-order valence-electron chi connectivity index (χ0n) is 12.5. The number of hydrogen-bond acceptors (Lipinski definition) is 4. The third-order valence-electron chi connectivity index (χ3n) is 3.74. The predicted octanol–water partition coefficient (Wildman–Crippen LogP) is 1.94. The Hall–Kier alpha value is -2.99. The van der Waals surface area contributed by atoms with Gasteiger partial charge in [-0.25, -0.2) is 10.5 Å². The van der Waals surface area contributed by atoms with Gasteiger partial charge in [-0.1, -0.05) is 24.3 Å². The van der Waals surface area contributed by atoms with Crippen LogP contribution in [0.25, 0.3) is 10.9 Å². The topological polar surface area (TPSA) is 95.1 Å². The number of amides is 1. The summed E-state index contributed by atoms with van der Waals surface area (Å²) in [5.74, 6) is -0.118. The first-order valence-electron chi connectivity index (χ1n) is 7.10. The molecule has 0 saturated carbocycles. The van der Waals surface area contributed by atoms with Crippen molar-refractivity contribution in [3.63, 3.8) is 0 Å². The summed E-state index contributed by atoms with van der Waals surface area (Å²) in [7, 11) is 0. The van der Waals surface area contributed by atoms with E-state index in [1.165, 1.54) is 18.2 Å². The second kappa shape index (κ2) is 6.02. The molecule has 23 heavy (non-hydrogen) atoms. The molecule has 3 aromatic rings. The molecule has 2 aromatic carbocycles. The SMILES string of the molecule is Cc1ccccc1Cc1nc2cc(C(=O)NO)ccc2c(=O)[nH]1. The van der Waals surface area contributed by atoms with E-state index in [1.807, 2.05) is 31.2 Å². The molecule has 0 bridgehead atoms. The zero-order chi connectivity index (χ0) is 16.4. The number of carbonyl (C=O) groups excluding carboxylic acids is 1. The van der Waals surface area contributed by atoms with Crippen LogP contribution in [0.4, 0.5) is 0 Å². The van der Waals surface area contributed by atoms with Gasteiger partial charge < -0.3 is 4.98 Å². The highest BCUT2D eigenvalue weighted by atomic mass is 16.5. The van der Waals surface area contributed by atoms with E-state index in [0.29, 0.717) is 23.1 Å². The van der Waals surface area contributed by atoms with Gasteiger partial charge in [-0.3, -0.25) is 14.8 Å². The Balaban J connectivity index is 2.07. The highest BCUT2D eigenvalue weighted by Crippen LogP contribution is 2.14. The minimum Gasteiger partial charge on any atom is -0.310 e. The van der Waals surface area contributed by atoms with Gasteiger partial charge in [0, 0.05) is 12.0 Å². The van der Waals surface area contributed by atoms with Crippen LogP contribution >= 0.6 is 0 Å². The highest BCUT2D eigenvalue weighted by molar-refractivity contribution is 5.96. The van der Waals surface area contributed by atoms with Crippen LogP contribution in [0.2, 0.25) is 0 Å². The first kappa shape index (κ1) is 14.9. The molecule has 0 radical (unpaired) electrons. The highest BCUT2D eigenvalue weighted by Gasteiger charge is 2.10. The number of H-pyrrole nitrogens is 1. The number of nitrogens with one attached hydrogen (secondary N) is 2. The van der Waals surface area contributed by atoms with Crippen LogP contribution in [0.3, 0.4) is 0 Å². The molecule has 0 spiro atoms. The number of carbonyl (C=O) groups is 1. The van der Waals surface area contributed by atoms with Gasteiger partial charge in [-0.05, 0) is 36.2 Å². The Labute approximate surface area is 131 Å². The number of hydroxylamine groups is 1. The molecular formula is C17H15N3O3. The molecule has 0 aliphatic heterocycles. The third-order valence-corrected chi connectivity index (χ3v) is 3.74. The van der Waals surface area contributed by atoms with Crippen molar-refractivity contribution in [2.45, 2.75) is 13.3 Å². The lowest BCUT2D eigenvalue weighted by atomic mass is 10.1. The number of hydrogen-bond donors (Lipinski definition) is 3. The summed E-state index contributed by atoms with van der Waals surface area (Å²) in [5.41, 5.74) is 4.15. The van der Waals surface area contributed by atoms with E-state index < -0.39 is 5.91 Å². The molecule has 116 valence electrons. The number of aromatic amines is 1. The van der Waals surface area contributed by atoms with Crippen molar-refractivity contribution >= 4 is 16.8 Å². The van der Waals surface area contributed by atoms with Gasteiger partial charge in [0.1, 0.15) is 5.82 Å². The van der Waals surface area contributed by atoms with Crippen LogP contribution in [0.5, 0.6) is 0 Å². The van der Waals surface area contributed by atoms with Crippen molar-refractivity contribution < 1.29 is 10.0 Å². The van der Waals surface area contributed by atoms with E-state index in [2.05, 4.69) is 9.97 Å². The van der Waals surface area contributed by atoms with Crippen molar-refractivity contribution in [1.29, 1.82) is 0 Å². The Kier molecular flexibility index (Phi) is 3.91. The maximum absolute atomic E-state index is 12.2. The number of benzene rings is 2. The van der Waals surface area contributed by atoms with Crippen molar-refractivity contribution in [2.75, 3.05) is 0 Å². The monoisotopic (exact) mass is 309 g/mol. The Morgan fingerprint density at radius 2 is 2.04 bits per heavy atom. The number of fused-ring (bicyclic) bond motifs is 1. The number of rotatable bonds is 3. The molecule has 0 atom stereocenters. The molecule has 6 nitrogen and oxygen atoms in total. The van der Waals surface area contributed by atoms with Crippen LogP contribution < -0.4 is 11.0 Å². The van der Waals surface area contributed by atoms with E-state index >= 15 is 0 Å². The van der Waals surface area contributed by atoms with Crippen LogP contribution in [0, 0.1) is 6.92 Å². The molecule has 0 unspecified atom stereocenters. The fraction of sp³-hybridized carbons (Fsp3) is 0.118. The molecular weight excluding hydrogens is 294 g/mol. The quantitative estimate of drug-likeness (QED) is 0.509. The van der Waals surface area contributed by atoms with E-state index in [9.17, 15) is 9.59 Å². The number of aromatic nitrogens is 2. The summed E-state index contributed by atoms with van der Waals surface area (Å²) >= 11 is 0. The van der Waals surface area contributed by atoms with Gasteiger partial charge in [0.15, 0.2) is 0 Å². The van der Waals surface area contributed by atoms with Gasteiger partial charge in [0.25, 0.3) is 11.5 Å². The van der Waals surface area contributed by atoms with E-state index in [-0.39, 0.29) is 11.1 Å². The van der Waals surface area contributed by atoms with Gasteiger partial charge in [0.05, 0.1) is 10.9 Å². The predicted molar refractivity (Wildman–Crippen MR) is 85.6 cm³/mol. The first-order valence-corrected chi connectivity index (χ1v) is 7.10. The second-order valence-corrected chi connectivity index (χ2v) is 5.29. The summed E-state index contributed by atoms with van der Waals surface area (Å²) < 4.78 is 0. The zero-order valence-corrected chi connectivity index (χ0v) is 12.5. The summed E-state index contributed by atoms with van der Waals surface area (Å²) in [6, 6.07) is 12.3. The third kappa shape index (κ3) is 2.97. The minimum atomic E-state index is -0.644. The normalized spacial score (nSPS) is 10.7. The molecule has 0 aliphatic carbocycles. The Morgan fingerprint density at radius 1 is 1.26 bits per heavy atom. The molecule has 3 rings (SSSR count). The number of aryl methyl sites for hydroxylation is 1. The largest absolute Gasteiger partial charge is 0.310 e. The summed E-state index contributed by atoms with van der Waals surface area (Å²) in [6.07, 6.45) is 0.494. The van der Waals surface area contributed by atoms with E-state index in [1.54, 1.807) is 5.48 Å². The molecule has 1 aromatic heterocycles. The Bertz CT molecular complexity index is 947. The molecule has 0 fully saturated rings. The van der Waals surface area contributed by atoms with Gasteiger partial charge in [-0.2, -0.15) is 0 Å². The molecule has 0 saturated heterocycles. The summed E-state index contributed by atoms with van der Waals surface area (Å²) in [6.45, 7) is 2.00. The van der Waals surface area contributed by atoms with Gasteiger partial charge >= 0.3 is 0 Å². The summed E-state index contributed by atoms with van der Waals surface area (Å²) in [5, 5.41) is 9.10. The average Bonchev–Trinajstić information content (AvgIpc) is 2.55. The van der Waals surface area contributed by atoms with E-state index in [4.69, 9.17) is 5.21 Å². The van der Waals surface area contributed by atoms with Crippen LogP contribution in [0.15, 0.2) is 47.3 Å². The molecule has 3 N–H and O–H groups in total. The molecule has 1 amide bonds. The maximum atomic E-state index is 12.2. The molecule has 0 aliphatic rings. The van der Waals surface area contributed by atoms with Crippen LogP contribution in [-0.2, 0) is 6.42 Å². The van der Waals surface area contributed by atoms with Gasteiger partial charge in [-0.15, -0.1) is 0 Å². The number of nitrogens with zero attached hydrogens (tertiary/aromatic N) is 1. The maximum Gasteiger partial charge on any atom is 0.274 e. The lowest BCUT2D eigenvalue weighted by Crippen LogP contribution is -2.19. The minimum absolute atomic E-state index is 0.236. The fourth-order valence-corrected chi connectivity index (χ4v) is 2.47. The Morgan fingerprint density at radius 3 is 2.78 bits per heavy atom. The first-order chi connectivity index (χ1) is 11.1. The standard InChI is InChI=1S/C17H15N3O3/c1-10-4-2-3-5-11(10)9-15-18-14-8-12(16(21)20-23)6-7-13(14)17(22)19-15/h2-8,23H,9H2,1H3,(H,20,21)(H,18,19,22). The average molecular weight is 309 g/mol. The lowest BCUT2D eigenvalue weighted by molar-refractivity contribution is 0.0706.